The summed E-state index contributed by atoms with van der Waals surface area (Å²) >= 11 is 0. The molecular weight excluding hydrogens is 284 g/mol. The fourth-order valence-corrected chi connectivity index (χ4v) is 3.60. The van der Waals surface area contributed by atoms with Crippen molar-refractivity contribution in [2.45, 2.75) is 45.2 Å². The summed E-state index contributed by atoms with van der Waals surface area (Å²) in [5.74, 6) is -0.873. The third-order valence-corrected chi connectivity index (χ3v) is 4.87. The minimum Gasteiger partial charge on any atom is -0.467 e. The molecule has 0 radical (unpaired) electrons. The first kappa shape index (κ1) is 16.9. The molecular formula is C12H22N2O5S. The van der Waals surface area contributed by atoms with Crippen LogP contribution in [-0.2, 0) is 24.3 Å². The second-order valence-electron chi connectivity index (χ2n) is 4.87. The van der Waals surface area contributed by atoms with Crippen molar-refractivity contribution in [1.29, 1.82) is 0 Å². The Morgan fingerprint density at radius 1 is 1.45 bits per heavy atom. The molecule has 1 rings (SSSR count). The number of likely N-dealkylation sites (tertiary alicyclic amines) is 1. The van der Waals surface area contributed by atoms with E-state index in [1.807, 2.05) is 0 Å². The van der Waals surface area contributed by atoms with Crippen LogP contribution in [0.15, 0.2) is 0 Å². The number of ether oxygens (including phenoxy) is 1. The van der Waals surface area contributed by atoms with Crippen LogP contribution in [0.1, 0.15) is 33.1 Å². The Morgan fingerprint density at radius 2 is 2.10 bits per heavy atom. The van der Waals surface area contributed by atoms with Crippen LogP contribution >= 0.6 is 0 Å². The minimum atomic E-state index is -3.46. The molecule has 1 amide bonds. The molecule has 20 heavy (non-hydrogen) atoms. The first-order valence-corrected chi connectivity index (χ1v) is 8.36. The smallest absolute Gasteiger partial charge is 0.328 e. The van der Waals surface area contributed by atoms with Crippen LogP contribution in [0, 0.1) is 0 Å². The highest BCUT2D eigenvalue weighted by Crippen LogP contribution is 2.19. The Bertz CT molecular complexity index is 462. The summed E-state index contributed by atoms with van der Waals surface area (Å²) in [5, 5.41) is 0. The molecule has 1 fully saturated rings. The fourth-order valence-electron chi connectivity index (χ4n) is 2.31. The Balaban J connectivity index is 2.71. The van der Waals surface area contributed by atoms with Crippen LogP contribution < -0.4 is 4.72 Å². The predicted molar refractivity (Wildman–Crippen MR) is 73.4 cm³/mol. The Labute approximate surface area is 119 Å². The molecule has 2 unspecified atom stereocenters. The third kappa shape index (κ3) is 4.17. The lowest BCUT2D eigenvalue weighted by Crippen LogP contribution is -2.50. The SMILES string of the molecule is CCCS(=O)(=O)NC(C)C(=O)N1CCCC1C(=O)OC. The van der Waals surface area contributed by atoms with E-state index >= 15 is 0 Å². The number of carbonyl (C=O) groups excluding carboxylic acids is 2. The van der Waals surface area contributed by atoms with E-state index in [0.717, 1.165) is 0 Å². The average molecular weight is 306 g/mol. The van der Waals surface area contributed by atoms with Gasteiger partial charge in [0.1, 0.15) is 6.04 Å². The molecule has 7 nitrogen and oxygen atoms in total. The van der Waals surface area contributed by atoms with E-state index in [4.69, 9.17) is 0 Å². The van der Waals surface area contributed by atoms with Crippen molar-refractivity contribution in [3.05, 3.63) is 0 Å². The Kier molecular flexibility index (Phi) is 5.94. The highest BCUT2D eigenvalue weighted by atomic mass is 32.2. The second kappa shape index (κ2) is 7.03. The maximum absolute atomic E-state index is 12.2. The molecule has 1 heterocycles. The topological polar surface area (TPSA) is 92.8 Å². The first-order valence-electron chi connectivity index (χ1n) is 6.70. The van der Waals surface area contributed by atoms with E-state index < -0.39 is 34.0 Å². The Hall–Kier alpha value is -1.15. The molecule has 1 saturated heterocycles. The van der Waals surface area contributed by atoms with Crippen molar-refractivity contribution in [2.24, 2.45) is 0 Å². The summed E-state index contributed by atoms with van der Waals surface area (Å²) in [6.07, 6.45) is 1.73. The maximum atomic E-state index is 12.2. The summed E-state index contributed by atoms with van der Waals surface area (Å²) < 4.78 is 30.3. The highest BCUT2D eigenvalue weighted by molar-refractivity contribution is 7.89. The van der Waals surface area contributed by atoms with Gasteiger partial charge in [0, 0.05) is 6.54 Å². The van der Waals surface area contributed by atoms with Crippen molar-refractivity contribution in [1.82, 2.24) is 9.62 Å². The maximum Gasteiger partial charge on any atom is 0.328 e. The normalized spacial score (nSPS) is 20.8. The molecule has 1 aliphatic heterocycles. The fraction of sp³-hybridized carbons (Fsp3) is 0.833. The van der Waals surface area contributed by atoms with Gasteiger partial charge >= 0.3 is 5.97 Å². The number of nitrogens with one attached hydrogen (secondary N) is 1. The van der Waals surface area contributed by atoms with E-state index in [0.29, 0.717) is 25.8 Å². The summed E-state index contributed by atoms with van der Waals surface area (Å²) in [6, 6.07) is -1.48. The molecule has 8 heteroatoms. The van der Waals surface area contributed by atoms with E-state index in [1.165, 1.54) is 18.9 Å². The molecule has 0 aromatic rings. The van der Waals surface area contributed by atoms with Gasteiger partial charge < -0.3 is 9.64 Å². The molecule has 116 valence electrons. The molecule has 0 bridgehead atoms. The van der Waals surface area contributed by atoms with Gasteiger partial charge in [-0.2, -0.15) is 0 Å². The van der Waals surface area contributed by atoms with Gasteiger partial charge in [-0.25, -0.2) is 17.9 Å². The molecule has 0 aliphatic carbocycles. The summed E-state index contributed by atoms with van der Waals surface area (Å²) in [4.78, 5) is 25.2. The van der Waals surface area contributed by atoms with Gasteiger partial charge in [-0.3, -0.25) is 4.79 Å². The van der Waals surface area contributed by atoms with Crippen molar-refractivity contribution in [2.75, 3.05) is 19.4 Å². The van der Waals surface area contributed by atoms with Gasteiger partial charge in [-0.15, -0.1) is 0 Å². The minimum absolute atomic E-state index is 0.0228. The molecule has 0 aromatic carbocycles. The van der Waals surface area contributed by atoms with E-state index in [2.05, 4.69) is 9.46 Å². The van der Waals surface area contributed by atoms with Gasteiger partial charge in [-0.1, -0.05) is 6.92 Å². The van der Waals surface area contributed by atoms with Crippen LogP contribution in [0.5, 0.6) is 0 Å². The molecule has 0 aromatic heterocycles. The monoisotopic (exact) mass is 306 g/mol. The van der Waals surface area contributed by atoms with Crippen molar-refractivity contribution in [3.8, 4) is 0 Å². The number of rotatable bonds is 6. The zero-order valence-electron chi connectivity index (χ0n) is 12.1. The summed E-state index contributed by atoms with van der Waals surface area (Å²) in [6.45, 7) is 3.68. The average Bonchev–Trinajstić information content (AvgIpc) is 2.85. The van der Waals surface area contributed by atoms with E-state index in [9.17, 15) is 18.0 Å². The molecule has 0 spiro atoms. The van der Waals surface area contributed by atoms with Crippen LogP contribution in [-0.4, -0.2) is 56.7 Å². The number of amides is 1. The Morgan fingerprint density at radius 3 is 2.65 bits per heavy atom. The van der Waals surface area contributed by atoms with Crippen molar-refractivity contribution >= 4 is 21.9 Å². The zero-order valence-corrected chi connectivity index (χ0v) is 12.9. The van der Waals surface area contributed by atoms with Gasteiger partial charge in [0.05, 0.1) is 18.9 Å². The van der Waals surface area contributed by atoms with Crippen LogP contribution in [0.3, 0.4) is 0 Å². The lowest BCUT2D eigenvalue weighted by atomic mass is 10.2. The molecule has 0 saturated carbocycles. The number of hydrogen-bond donors (Lipinski definition) is 1. The van der Waals surface area contributed by atoms with Crippen molar-refractivity contribution in [3.63, 3.8) is 0 Å². The lowest BCUT2D eigenvalue weighted by molar-refractivity contribution is -0.151. The summed E-state index contributed by atoms with van der Waals surface area (Å²) in [5.41, 5.74) is 0. The van der Waals surface area contributed by atoms with E-state index in [-0.39, 0.29) is 5.75 Å². The standard InChI is InChI=1S/C12H22N2O5S/c1-4-8-20(17,18)13-9(2)11(15)14-7-5-6-10(14)12(16)19-3/h9-10,13H,4-8H2,1-3H3. The first-order chi connectivity index (χ1) is 9.32. The third-order valence-electron chi connectivity index (χ3n) is 3.21. The van der Waals surface area contributed by atoms with Gasteiger partial charge in [0.25, 0.3) is 0 Å². The lowest BCUT2D eigenvalue weighted by Gasteiger charge is -2.26. The number of carbonyl (C=O) groups is 2. The van der Waals surface area contributed by atoms with Crippen LogP contribution in [0.2, 0.25) is 0 Å². The number of hydrogen-bond acceptors (Lipinski definition) is 5. The summed E-state index contributed by atoms with van der Waals surface area (Å²) in [7, 11) is -2.19. The molecule has 1 aliphatic rings. The van der Waals surface area contributed by atoms with Gasteiger partial charge in [0.15, 0.2) is 0 Å². The number of methoxy groups -OCH3 is 1. The highest BCUT2D eigenvalue weighted by Gasteiger charge is 2.37. The van der Waals surface area contributed by atoms with Crippen LogP contribution in [0.4, 0.5) is 0 Å². The second-order valence-corrected chi connectivity index (χ2v) is 6.74. The quantitative estimate of drug-likeness (QED) is 0.690. The van der Waals surface area contributed by atoms with Crippen LogP contribution in [0.25, 0.3) is 0 Å². The zero-order chi connectivity index (χ0) is 15.3. The van der Waals surface area contributed by atoms with E-state index in [1.54, 1.807) is 6.92 Å². The number of sulfonamides is 1. The van der Waals surface area contributed by atoms with Crippen molar-refractivity contribution < 1.29 is 22.7 Å². The molecule has 1 N–H and O–H groups in total. The predicted octanol–water partition coefficient (Wildman–Crippen LogP) is -0.132. The number of esters is 1. The molecule has 2 atom stereocenters. The van der Waals surface area contributed by atoms with Gasteiger partial charge in [-0.05, 0) is 26.2 Å². The largest absolute Gasteiger partial charge is 0.467 e. The van der Waals surface area contributed by atoms with Gasteiger partial charge in [0.2, 0.25) is 15.9 Å². The number of nitrogens with zero attached hydrogens (tertiary/aromatic N) is 1.